The fourth-order valence-corrected chi connectivity index (χ4v) is 2.61. The molecule has 5 heteroatoms. The minimum atomic E-state index is -0.484. The maximum absolute atomic E-state index is 12.1. The summed E-state index contributed by atoms with van der Waals surface area (Å²) in [6, 6.07) is 5.45. The summed E-state index contributed by atoms with van der Waals surface area (Å²) in [6.07, 6.45) is 0.548. The summed E-state index contributed by atoms with van der Waals surface area (Å²) in [5.41, 5.74) is 3.01. The minimum Gasteiger partial charge on any atom is -0.343 e. The van der Waals surface area contributed by atoms with E-state index in [4.69, 9.17) is 0 Å². The zero-order valence-electron chi connectivity index (χ0n) is 12.9. The van der Waals surface area contributed by atoms with E-state index in [1.807, 2.05) is 43.9 Å². The highest BCUT2D eigenvalue weighted by Gasteiger charge is 2.28. The smallest absolute Gasteiger partial charge is 0.247 e. The first-order valence-electron chi connectivity index (χ1n) is 7.46. The number of para-hydroxylation sites is 1. The molecule has 2 rings (SSSR count). The number of nitrogens with one attached hydrogen (secondary N) is 2. The van der Waals surface area contributed by atoms with Crippen LogP contribution in [0.25, 0.3) is 0 Å². The number of hydrogen-bond acceptors (Lipinski definition) is 3. The van der Waals surface area contributed by atoms with Gasteiger partial charge in [0, 0.05) is 12.1 Å². The Morgan fingerprint density at radius 2 is 2.10 bits per heavy atom. The van der Waals surface area contributed by atoms with E-state index >= 15 is 0 Å². The van der Waals surface area contributed by atoms with E-state index in [1.54, 1.807) is 0 Å². The number of fused-ring (bicyclic) bond motifs is 1. The van der Waals surface area contributed by atoms with Crippen LogP contribution in [0.5, 0.6) is 0 Å². The first-order chi connectivity index (χ1) is 10.0. The number of nitrogens with zero attached hydrogens (tertiary/aromatic N) is 1. The number of hydrogen-bond donors (Lipinski definition) is 2. The van der Waals surface area contributed by atoms with E-state index in [0.29, 0.717) is 13.0 Å². The number of benzene rings is 1. The normalized spacial score (nSPS) is 17.3. The lowest BCUT2D eigenvalue weighted by Gasteiger charge is -2.27. The molecular weight excluding hydrogens is 266 g/mol. The van der Waals surface area contributed by atoms with E-state index < -0.39 is 6.04 Å². The number of amides is 2. The molecule has 0 saturated heterocycles. The van der Waals surface area contributed by atoms with Crippen LogP contribution < -0.4 is 10.6 Å². The van der Waals surface area contributed by atoms with Gasteiger partial charge in [0.25, 0.3) is 0 Å². The van der Waals surface area contributed by atoms with Crippen LogP contribution >= 0.6 is 0 Å². The van der Waals surface area contributed by atoms with Gasteiger partial charge in [0.2, 0.25) is 11.8 Å². The van der Waals surface area contributed by atoms with Crippen molar-refractivity contribution in [3.63, 3.8) is 0 Å². The van der Waals surface area contributed by atoms with Crippen molar-refractivity contribution in [3.05, 3.63) is 29.3 Å². The number of carbonyl (C=O) groups is 2. The van der Waals surface area contributed by atoms with E-state index in [9.17, 15) is 9.59 Å². The van der Waals surface area contributed by atoms with Crippen LogP contribution in [0.3, 0.4) is 0 Å². The first kappa shape index (κ1) is 15.5. The quantitative estimate of drug-likeness (QED) is 0.859. The fraction of sp³-hybridized carbons (Fsp3) is 0.500. The van der Waals surface area contributed by atoms with Gasteiger partial charge >= 0.3 is 0 Å². The van der Waals surface area contributed by atoms with Crippen molar-refractivity contribution in [3.8, 4) is 0 Å². The highest BCUT2D eigenvalue weighted by atomic mass is 16.2. The van der Waals surface area contributed by atoms with Gasteiger partial charge in [-0.1, -0.05) is 32.0 Å². The number of aryl methyl sites for hydroxylation is 1. The summed E-state index contributed by atoms with van der Waals surface area (Å²) >= 11 is 0. The summed E-state index contributed by atoms with van der Waals surface area (Å²) in [5, 5.41) is 5.73. The Morgan fingerprint density at radius 3 is 2.76 bits per heavy atom. The molecule has 21 heavy (non-hydrogen) atoms. The van der Waals surface area contributed by atoms with Gasteiger partial charge in [0.1, 0.15) is 6.04 Å². The molecule has 5 nitrogen and oxygen atoms in total. The van der Waals surface area contributed by atoms with Crippen LogP contribution in [0.2, 0.25) is 0 Å². The van der Waals surface area contributed by atoms with E-state index in [1.165, 1.54) is 0 Å². The molecule has 0 aromatic heterocycles. The molecule has 2 amide bonds. The molecule has 0 fully saturated rings. The molecular formula is C16H23N3O2. The lowest BCUT2D eigenvalue weighted by Crippen LogP contribution is -2.50. The fourth-order valence-electron chi connectivity index (χ4n) is 2.61. The SMILES string of the molecule is CCN(CC)CC(=O)NC1Cc2cccc(C)c2NC1=O. The van der Waals surface area contributed by atoms with Gasteiger partial charge in [-0.3, -0.25) is 14.5 Å². The topological polar surface area (TPSA) is 61.4 Å². The van der Waals surface area contributed by atoms with Crippen molar-refractivity contribution in [2.75, 3.05) is 25.0 Å². The van der Waals surface area contributed by atoms with Gasteiger partial charge in [0.05, 0.1) is 6.54 Å². The average molecular weight is 289 g/mol. The van der Waals surface area contributed by atoms with E-state index in [2.05, 4.69) is 10.6 Å². The van der Waals surface area contributed by atoms with Crippen molar-refractivity contribution < 1.29 is 9.59 Å². The zero-order chi connectivity index (χ0) is 15.4. The van der Waals surface area contributed by atoms with Gasteiger partial charge in [-0.15, -0.1) is 0 Å². The van der Waals surface area contributed by atoms with Crippen LogP contribution in [0.1, 0.15) is 25.0 Å². The van der Waals surface area contributed by atoms with Gasteiger partial charge in [0.15, 0.2) is 0 Å². The van der Waals surface area contributed by atoms with E-state index in [-0.39, 0.29) is 11.8 Å². The number of carbonyl (C=O) groups excluding carboxylic acids is 2. The van der Waals surface area contributed by atoms with Crippen molar-refractivity contribution in [1.82, 2.24) is 10.2 Å². The number of rotatable bonds is 5. The van der Waals surface area contributed by atoms with Crippen LogP contribution in [0, 0.1) is 6.92 Å². The lowest BCUT2D eigenvalue weighted by atomic mass is 9.96. The number of anilines is 1. The standard InChI is InChI=1S/C16H23N3O2/c1-4-19(5-2)10-14(20)17-13-9-12-8-6-7-11(3)15(12)18-16(13)21/h6-8,13H,4-5,9-10H2,1-3H3,(H,17,20)(H,18,21). The summed E-state index contributed by atoms with van der Waals surface area (Å²) < 4.78 is 0. The van der Waals surface area contributed by atoms with Crippen molar-refractivity contribution in [1.29, 1.82) is 0 Å². The molecule has 114 valence electrons. The second-order valence-electron chi connectivity index (χ2n) is 5.38. The Labute approximate surface area is 125 Å². The number of likely N-dealkylation sites (N-methyl/N-ethyl adjacent to an activating group) is 1. The van der Waals surface area contributed by atoms with Crippen molar-refractivity contribution in [2.24, 2.45) is 0 Å². The molecule has 1 heterocycles. The molecule has 1 aromatic rings. The second kappa shape index (κ2) is 6.72. The first-order valence-corrected chi connectivity index (χ1v) is 7.46. The minimum absolute atomic E-state index is 0.102. The third-order valence-electron chi connectivity index (χ3n) is 3.94. The maximum atomic E-state index is 12.1. The van der Waals surface area contributed by atoms with Gasteiger partial charge in [-0.05, 0) is 31.1 Å². The molecule has 0 saturated carbocycles. The Bertz CT molecular complexity index is 538. The molecule has 0 bridgehead atoms. The van der Waals surface area contributed by atoms with Crippen molar-refractivity contribution >= 4 is 17.5 Å². The van der Waals surface area contributed by atoms with Crippen molar-refractivity contribution in [2.45, 2.75) is 33.2 Å². The molecule has 0 radical (unpaired) electrons. The van der Waals surface area contributed by atoms with Gasteiger partial charge < -0.3 is 10.6 Å². The largest absolute Gasteiger partial charge is 0.343 e. The monoisotopic (exact) mass is 289 g/mol. The van der Waals surface area contributed by atoms with Crippen LogP contribution in [-0.4, -0.2) is 42.4 Å². The molecule has 0 spiro atoms. The molecule has 1 aromatic carbocycles. The second-order valence-corrected chi connectivity index (χ2v) is 5.38. The van der Waals surface area contributed by atoms with E-state index in [0.717, 1.165) is 29.9 Å². The molecule has 1 atom stereocenters. The summed E-state index contributed by atoms with van der Waals surface area (Å²) in [6.45, 7) is 7.98. The highest BCUT2D eigenvalue weighted by Crippen LogP contribution is 2.25. The maximum Gasteiger partial charge on any atom is 0.247 e. The Balaban J connectivity index is 2.02. The predicted octanol–water partition coefficient (Wildman–Crippen LogP) is 1.32. The Morgan fingerprint density at radius 1 is 1.38 bits per heavy atom. The van der Waals surface area contributed by atoms with Gasteiger partial charge in [-0.2, -0.15) is 0 Å². The Hall–Kier alpha value is -1.88. The Kier molecular flexibility index (Phi) is 4.96. The average Bonchev–Trinajstić information content (AvgIpc) is 2.46. The third kappa shape index (κ3) is 3.61. The predicted molar refractivity (Wildman–Crippen MR) is 83.2 cm³/mol. The molecule has 1 aliphatic rings. The summed E-state index contributed by atoms with van der Waals surface area (Å²) in [4.78, 5) is 26.2. The third-order valence-corrected chi connectivity index (χ3v) is 3.94. The molecule has 1 unspecified atom stereocenters. The molecule has 1 aliphatic heterocycles. The lowest BCUT2D eigenvalue weighted by molar-refractivity contribution is -0.127. The van der Waals surface area contributed by atoms with Crippen LogP contribution in [0.4, 0.5) is 5.69 Å². The highest BCUT2D eigenvalue weighted by molar-refractivity contribution is 6.00. The molecule has 0 aliphatic carbocycles. The van der Waals surface area contributed by atoms with Crippen LogP contribution in [0.15, 0.2) is 18.2 Å². The van der Waals surface area contributed by atoms with Gasteiger partial charge in [-0.25, -0.2) is 0 Å². The van der Waals surface area contributed by atoms with Crippen LogP contribution in [-0.2, 0) is 16.0 Å². The molecule has 2 N–H and O–H groups in total. The summed E-state index contributed by atoms with van der Waals surface area (Å²) in [7, 11) is 0. The zero-order valence-corrected chi connectivity index (χ0v) is 12.9. The summed E-state index contributed by atoms with van der Waals surface area (Å²) in [5.74, 6) is -0.236.